The zero-order chi connectivity index (χ0) is 24.3. The van der Waals surface area contributed by atoms with Gasteiger partial charge in [0.1, 0.15) is 12.2 Å². The fourth-order valence-electron chi connectivity index (χ4n) is 4.18. The van der Waals surface area contributed by atoms with E-state index in [4.69, 9.17) is 18.9 Å². The number of hydrogen-bond donors (Lipinski definition) is 0. The van der Waals surface area contributed by atoms with Crippen LogP contribution in [0.2, 0.25) is 0 Å². The molecule has 4 rings (SSSR count). The third-order valence-electron chi connectivity index (χ3n) is 5.92. The molecule has 1 heterocycles. The fourth-order valence-corrected chi connectivity index (χ4v) is 4.18. The number of rotatable bonds is 12. The first-order chi connectivity index (χ1) is 17.2. The summed E-state index contributed by atoms with van der Waals surface area (Å²) >= 11 is 0. The fraction of sp³-hybridized carbons (Fsp3) is 0.355. The second kappa shape index (κ2) is 13.2. The van der Waals surface area contributed by atoms with Crippen molar-refractivity contribution in [1.82, 2.24) is 0 Å². The smallest absolute Gasteiger partial charge is 0.150 e. The molecule has 0 aromatic heterocycles. The van der Waals surface area contributed by atoms with Crippen LogP contribution in [0.4, 0.5) is 0 Å². The lowest BCUT2D eigenvalue weighted by Gasteiger charge is -2.37. The van der Waals surface area contributed by atoms with Gasteiger partial charge in [0.05, 0.1) is 32.2 Å². The Labute approximate surface area is 209 Å². The van der Waals surface area contributed by atoms with Gasteiger partial charge in [-0.3, -0.25) is 0 Å². The monoisotopic (exact) mass is 472 g/mol. The minimum absolute atomic E-state index is 0.230. The van der Waals surface area contributed by atoms with E-state index in [-0.39, 0.29) is 18.3 Å². The van der Waals surface area contributed by atoms with Gasteiger partial charge in [0.2, 0.25) is 0 Å². The molecule has 0 saturated heterocycles. The molecule has 0 unspecified atom stereocenters. The van der Waals surface area contributed by atoms with E-state index in [1.165, 1.54) is 0 Å². The van der Waals surface area contributed by atoms with Crippen LogP contribution in [0.3, 0.4) is 0 Å². The molecule has 1 aliphatic rings. The van der Waals surface area contributed by atoms with Gasteiger partial charge >= 0.3 is 0 Å². The summed E-state index contributed by atoms with van der Waals surface area (Å²) < 4.78 is 25.5. The Morgan fingerprint density at radius 3 is 1.74 bits per heavy atom. The van der Waals surface area contributed by atoms with E-state index in [1.54, 1.807) is 0 Å². The van der Waals surface area contributed by atoms with Gasteiger partial charge < -0.3 is 18.9 Å². The molecule has 0 N–H and O–H groups in total. The average molecular weight is 473 g/mol. The zero-order valence-electron chi connectivity index (χ0n) is 20.7. The summed E-state index contributed by atoms with van der Waals surface area (Å²) in [5.41, 5.74) is 3.39. The number of ether oxygens (including phenoxy) is 4. The van der Waals surface area contributed by atoms with Crippen molar-refractivity contribution in [2.75, 3.05) is 6.61 Å². The van der Waals surface area contributed by atoms with Crippen LogP contribution in [0.15, 0.2) is 103 Å². The maximum absolute atomic E-state index is 6.46. The molecule has 0 fully saturated rings. The van der Waals surface area contributed by atoms with Gasteiger partial charge in [0, 0.05) is 6.42 Å². The standard InChI is InChI=1S/C31H36O4/c1-24(2)18-28-19-29(33-21-26-14-8-4-9-15-26)31(34-22-27-16-10-5-11-17-27)30(35-28)23-32-20-25-12-6-3-7-13-25/h3-17,19,24,29-31H,18,20-23H2,1-2H3/t29-,30-,31+/m1/s1. The van der Waals surface area contributed by atoms with Crippen molar-refractivity contribution in [3.8, 4) is 0 Å². The van der Waals surface area contributed by atoms with Crippen LogP contribution in [-0.4, -0.2) is 24.9 Å². The van der Waals surface area contributed by atoms with Crippen LogP contribution in [0.5, 0.6) is 0 Å². The van der Waals surface area contributed by atoms with Crippen molar-refractivity contribution >= 4 is 0 Å². The number of benzene rings is 3. The molecule has 4 nitrogen and oxygen atoms in total. The third kappa shape index (κ3) is 8.07. The molecule has 0 aliphatic carbocycles. The Morgan fingerprint density at radius 2 is 1.20 bits per heavy atom. The van der Waals surface area contributed by atoms with Crippen LogP contribution in [0, 0.1) is 5.92 Å². The summed E-state index contributed by atoms with van der Waals surface area (Å²) in [6.07, 6.45) is 2.18. The molecule has 0 radical (unpaired) electrons. The average Bonchev–Trinajstić information content (AvgIpc) is 2.88. The van der Waals surface area contributed by atoms with Crippen LogP contribution < -0.4 is 0 Å². The summed E-state index contributed by atoms with van der Waals surface area (Å²) in [7, 11) is 0. The number of allylic oxidation sites excluding steroid dienone is 1. The first kappa shape index (κ1) is 25.2. The van der Waals surface area contributed by atoms with E-state index in [0.717, 1.165) is 28.9 Å². The van der Waals surface area contributed by atoms with Crippen LogP contribution in [0.25, 0.3) is 0 Å². The normalized spacial score (nSPS) is 19.9. The second-order valence-electron chi connectivity index (χ2n) is 9.41. The lowest BCUT2D eigenvalue weighted by Crippen LogP contribution is -2.47. The first-order valence-electron chi connectivity index (χ1n) is 12.5. The molecule has 0 bridgehead atoms. The minimum Gasteiger partial charge on any atom is -0.490 e. The maximum atomic E-state index is 6.46. The molecule has 3 aromatic carbocycles. The van der Waals surface area contributed by atoms with Gasteiger partial charge in [-0.05, 0) is 28.7 Å². The second-order valence-corrected chi connectivity index (χ2v) is 9.41. The maximum Gasteiger partial charge on any atom is 0.150 e. The van der Waals surface area contributed by atoms with Gasteiger partial charge in [0.15, 0.2) is 6.10 Å². The molecule has 184 valence electrons. The Hall–Kier alpha value is -2.92. The van der Waals surface area contributed by atoms with Gasteiger partial charge in [-0.1, -0.05) is 105 Å². The van der Waals surface area contributed by atoms with Crippen LogP contribution in [0.1, 0.15) is 37.0 Å². The van der Waals surface area contributed by atoms with E-state index in [2.05, 4.69) is 56.3 Å². The SMILES string of the molecule is CC(C)CC1=C[C@@H](OCc2ccccc2)[C@H](OCc2ccccc2)[C@@H](COCc2ccccc2)O1. The summed E-state index contributed by atoms with van der Waals surface area (Å²) in [6.45, 7) is 6.36. The van der Waals surface area contributed by atoms with Crippen molar-refractivity contribution in [2.45, 2.75) is 58.4 Å². The van der Waals surface area contributed by atoms with Crippen LogP contribution >= 0.6 is 0 Å². The zero-order valence-corrected chi connectivity index (χ0v) is 20.7. The molecular weight excluding hydrogens is 436 g/mol. The highest BCUT2D eigenvalue weighted by atomic mass is 16.6. The van der Waals surface area contributed by atoms with Gasteiger partial charge in [-0.15, -0.1) is 0 Å². The van der Waals surface area contributed by atoms with E-state index in [1.807, 2.05) is 54.6 Å². The van der Waals surface area contributed by atoms with Crippen molar-refractivity contribution in [1.29, 1.82) is 0 Å². The molecule has 1 aliphatic heterocycles. The molecular formula is C31H36O4. The van der Waals surface area contributed by atoms with Gasteiger partial charge in [-0.2, -0.15) is 0 Å². The van der Waals surface area contributed by atoms with Gasteiger partial charge in [0.25, 0.3) is 0 Å². The number of hydrogen-bond acceptors (Lipinski definition) is 4. The van der Waals surface area contributed by atoms with E-state index in [9.17, 15) is 0 Å². The lowest BCUT2D eigenvalue weighted by atomic mass is 10.00. The highest BCUT2D eigenvalue weighted by Crippen LogP contribution is 2.29. The predicted molar refractivity (Wildman–Crippen MR) is 139 cm³/mol. The largest absolute Gasteiger partial charge is 0.490 e. The Morgan fingerprint density at radius 1 is 0.686 bits per heavy atom. The Balaban J connectivity index is 1.50. The molecule has 0 spiro atoms. The summed E-state index contributed by atoms with van der Waals surface area (Å²) in [5, 5.41) is 0. The highest BCUT2D eigenvalue weighted by molar-refractivity contribution is 5.16. The Bertz CT molecular complexity index is 1020. The predicted octanol–water partition coefficient (Wildman–Crippen LogP) is 6.70. The summed E-state index contributed by atoms with van der Waals surface area (Å²) in [6, 6.07) is 30.7. The molecule has 0 amide bonds. The molecule has 35 heavy (non-hydrogen) atoms. The van der Waals surface area contributed by atoms with Crippen molar-refractivity contribution < 1.29 is 18.9 Å². The molecule has 3 aromatic rings. The molecule has 0 saturated carbocycles. The van der Waals surface area contributed by atoms with E-state index < -0.39 is 0 Å². The third-order valence-corrected chi connectivity index (χ3v) is 5.92. The van der Waals surface area contributed by atoms with E-state index in [0.29, 0.717) is 32.3 Å². The lowest BCUT2D eigenvalue weighted by molar-refractivity contribution is -0.155. The summed E-state index contributed by atoms with van der Waals surface area (Å²) in [5.74, 6) is 1.43. The molecule has 4 heteroatoms. The van der Waals surface area contributed by atoms with Crippen LogP contribution in [-0.2, 0) is 38.8 Å². The summed E-state index contributed by atoms with van der Waals surface area (Å²) in [4.78, 5) is 0. The van der Waals surface area contributed by atoms with Crippen molar-refractivity contribution in [3.63, 3.8) is 0 Å². The first-order valence-corrected chi connectivity index (χ1v) is 12.5. The Kier molecular flexibility index (Phi) is 9.53. The minimum atomic E-state index is -0.286. The van der Waals surface area contributed by atoms with Crippen molar-refractivity contribution in [3.05, 3.63) is 120 Å². The van der Waals surface area contributed by atoms with E-state index >= 15 is 0 Å². The molecule has 3 atom stereocenters. The van der Waals surface area contributed by atoms with Crippen molar-refractivity contribution in [2.24, 2.45) is 5.92 Å². The van der Waals surface area contributed by atoms with Gasteiger partial charge in [-0.25, -0.2) is 0 Å². The topological polar surface area (TPSA) is 36.9 Å². The quantitative estimate of drug-likeness (QED) is 0.294. The highest BCUT2D eigenvalue weighted by Gasteiger charge is 2.37.